The summed E-state index contributed by atoms with van der Waals surface area (Å²) in [5.41, 5.74) is 1.60. The van der Waals surface area contributed by atoms with E-state index in [9.17, 15) is 4.39 Å². The third-order valence-corrected chi connectivity index (χ3v) is 2.88. The molecule has 2 N–H and O–H groups in total. The standard InChI is InChI=1S/C13H17FN4O/c1-17(2)13-16-8-10(18(13)3)7-15-9-4-5-12(19)11(14)6-9/h4-6,8,15,19H,7H2,1-3H3. The van der Waals surface area contributed by atoms with Crippen molar-refractivity contribution in [2.24, 2.45) is 7.05 Å². The van der Waals surface area contributed by atoms with Crippen molar-refractivity contribution in [2.45, 2.75) is 6.54 Å². The zero-order valence-corrected chi connectivity index (χ0v) is 11.2. The van der Waals surface area contributed by atoms with Crippen LogP contribution in [0.2, 0.25) is 0 Å². The van der Waals surface area contributed by atoms with Crippen molar-refractivity contribution in [3.05, 3.63) is 35.9 Å². The van der Waals surface area contributed by atoms with E-state index in [0.717, 1.165) is 11.6 Å². The van der Waals surface area contributed by atoms with E-state index in [1.165, 1.54) is 12.1 Å². The van der Waals surface area contributed by atoms with Crippen molar-refractivity contribution in [3.8, 4) is 5.75 Å². The van der Waals surface area contributed by atoms with E-state index in [0.29, 0.717) is 12.2 Å². The molecular formula is C13H17FN4O. The quantitative estimate of drug-likeness (QED) is 0.829. The van der Waals surface area contributed by atoms with Crippen LogP contribution in [0, 0.1) is 5.82 Å². The molecule has 0 bridgehead atoms. The molecule has 0 amide bonds. The maximum Gasteiger partial charge on any atom is 0.204 e. The lowest BCUT2D eigenvalue weighted by Gasteiger charge is -2.13. The van der Waals surface area contributed by atoms with Gasteiger partial charge in [0.2, 0.25) is 5.95 Å². The molecule has 1 heterocycles. The Balaban J connectivity index is 2.08. The number of rotatable bonds is 4. The van der Waals surface area contributed by atoms with Gasteiger partial charge in [0.15, 0.2) is 11.6 Å². The number of anilines is 2. The van der Waals surface area contributed by atoms with E-state index < -0.39 is 5.82 Å². The Labute approximate surface area is 111 Å². The Morgan fingerprint density at radius 1 is 1.42 bits per heavy atom. The smallest absolute Gasteiger partial charge is 0.204 e. The third-order valence-electron chi connectivity index (χ3n) is 2.88. The highest BCUT2D eigenvalue weighted by molar-refractivity contribution is 5.47. The molecule has 0 unspecified atom stereocenters. The first-order valence-corrected chi connectivity index (χ1v) is 5.89. The molecule has 1 aromatic heterocycles. The molecule has 0 radical (unpaired) electrons. The van der Waals surface area contributed by atoms with Crippen molar-refractivity contribution in [2.75, 3.05) is 24.3 Å². The van der Waals surface area contributed by atoms with Gasteiger partial charge in [-0.15, -0.1) is 0 Å². The Morgan fingerprint density at radius 2 is 2.16 bits per heavy atom. The summed E-state index contributed by atoms with van der Waals surface area (Å²) in [6.45, 7) is 0.529. The van der Waals surface area contributed by atoms with E-state index >= 15 is 0 Å². The molecule has 0 saturated carbocycles. The first kappa shape index (κ1) is 13.2. The minimum atomic E-state index is -0.635. The number of hydrogen-bond donors (Lipinski definition) is 2. The van der Waals surface area contributed by atoms with Gasteiger partial charge in [0.05, 0.1) is 18.4 Å². The number of aromatic nitrogens is 2. The molecule has 2 aromatic rings. The largest absolute Gasteiger partial charge is 0.505 e. The molecule has 19 heavy (non-hydrogen) atoms. The summed E-state index contributed by atoms with van der Waals surface area (Å²) in [4.78, 5) is 6.21. The van der Waals surface area contributed by atoms with Gasteiger partial charge >= 0.3 is 0 Å². The number of phenolic OH excluding ortho intramolecular Hbond substituents is 1. The summed E-state index contributed by atoms with van der Waals surface area (Å²) in [6, 6.07) is 4.21. The molecule has 0 aliphatic carbocycles. The van der Waals surface area contributed by atoms with Gasteiger partial charge in [0.25, 0.3) is 0 Å². The maximum atomic E-state index is 13.2. The fraction of sp³-hybridized carbons (Fsp3) is 0.308. The Hall–Kier alpha value is -2.24. The highest BCUT2D eigenvalue weighted by Crippen LogP contribution is 2.20. The number of aromatic hydroxyl groups is 1. The molecule has 0 fully saturated rings. The van der Waals surface area contributed by atoms with E-state index in [2.05, 4.69) is 10.3 Å². The highest BCUT2D eigenvalue weighted by atomic mass is 19.1. The second kappa shape index (κ2) is 5.17. The Bertz CT molecular complexity index is 580. The first-order valence-electron chi connectivity index (χ1n) is 5.89. The monoisotopic (exact) mass is 264 g/mol. The summed E-state index contributed by atoms with van der Waals surface area (Å²) < 4.78 is 15.1. The van der Waals surface area contributed by atoms with Crippen LogP contribution in [0.25, 0.3) is 0 Å². The zero-order chi connectivity index (χ0) is 14.0. The second-order valence-electron chi connectivity index (χ2n) is 4.52. The average Bonchev–Trinajstić information content (AvgIpc) is 2.72. The number of hydrogen-bond acceptors (Lipinski definition) is 4. The van der Waals surface area contributed by atoms with E-state index in [-0.39, 0.29) is 5.75 Å². The van der Waals surface area contributed by atoms with Crippen LogP contribution in [0.3, 0.4) is 0 Å². The van der Waals surface area contributed by atoms with E-state index in [1.807, 2.05) is 30.6 Å². The SMILES string of the molecule is CN(C)c1ncc(CNc2ccc(O)c(F)c2)n1C. The van der Waals surface area contributed by atoms with Gasteiger partial charge in [-0.1, -0.05) is 0 Å². The molecule has 0 atom stereocenters. The van der Waals surface area contributed by atoms with Gasteiger partial charge in [-0.25, -0.2) is 9.37 Å². The minimum Gasteiger partial charge on any atom is -0.505 e. The molecule has 6 heteroatoms. The van der Waals surface area contributed by atoms with E-state index in [4.69, 9.17) is 5.11 Å². The number of nitrogens with one attached hydrogen (secondary N) is 1. The van der Waals surface area contributed by atoms with Crippen LogP contribution < -0.4 is 10.2 Å². The third kappa shape index (κ3) is 2.78. The predicted molar refractivity (Wildman–Crippen MR) is 72.9 cm³/mol. The number of halogens is 1. The topological polar surface area (TPSA) is 53.3 Å². The predicted octanol–water partition coefficient (Wildman–Crippen LogP) is 1.94. The molecule has 102 valence electrons. The van der Waals surface area contributed by atoms with Crippen LogP contribution in [0.1, 0.15) is 5.69 Å². The lowest BCUT2D eigenvalue weighted by molar-refractivity contribution is 0.432. The fourth-order valence-corrected chi connectivity index (χ4v) is 1.82. The van der Waals surface area contributed by atoms with Gasteiger partial charge in [-0.2, -0.15) is 0 Å². The van der Waals surface area contributed by atoms with Crippen LogP contribution in [0.5, 0.6) is 5.75 Å². The summed E-state index contributed by atoms with van der Waals surface area (Å²) in [7, 11) is 5.78. The van der Waals surface area contributed by atoms with Gasteiger partial charge in [-0.05, 0) is 12.1 Å². The van der Waals surface area contributed by atoms with Crippen LogP contribution >= 0.6 is 0 Å². The Morgan fingerprint density at radius 3 is 2.74 bits per heavy atom. The van der Waals surface area contributed by atoms with Crippen LogP contribution in [0.15, 0.2) is 24.4 Å². The van der Waals surface area contributed by atoms with Crippen molar-refractivity contribution < 1.29 is 9.50 Å². The number of phenols is 1. The number of imidazole rings is 1. The van der Waals surface area contributed by atoms with Crippen molar-refractivity contribution in [1.82, 2.24) is 9.55 Å². The lowest BCUT2D eigenvalue weighted by atomic mass is 10.3. The molecular weight excluding hydrogens is 247 g/mol. The summed E-state index contributed by atoms with van der Waals surface area (Å²) in [5.74, 6) is -0.126. The van der Waals surface area contributed by atoms with Gasteiger partial charge in [0, 0.05) is 32.9 Å². The fourth-order valence-electron chi connectivity index (χ4n) is 1.82. The van der Waals surface area contributed by atoms with Crippen molar-refractivity contribution in [1.29, 1.82) is 0 Å². The van der Waals surface area contributed by atoms with Crippen molar-refractivity contribution >= 4 is 11.6 Å². The summed E-state index contributed by atoms with van der Waals surface area (Å²) in [6.07, 6.45) is 1.78. The van der Waals surface area contributed by atoms with Gasteiger partial charge in [-0.3, -0.25) is 0 Å². The molecule has 0 aliphatic rings. The van der Waals surface area contributed by atoms with Gasteiger partial charge < -0.3 is 19.9 Å². The van der Waals surface area contributed by atoms with E-state index in [1.54, 1.807) is 12.3 Å². The van der Waals surface area contributed by atoms with Crippen LogP contribution in [0.4, 0.5) is 16.0 Å². The minimum absolute atomic E-state index is 0.346. The number of nitrogens with zero attached hydrogens (tertiary/aromatic N) is 3. The summed E-state index contributed by atoms with van der Waals surface area (Å²) in [5, 5.41) is 12.2. The highest BCUT2D eigenvalue weighted by Gasteiger charge is 2.08. The van der Waals surface area contributed by atoms with Crippen LogP contribution in [-0.4, -0.2) is 28.8 Å². The Kier molecular flexibility index (Phi) is 3.59. The lowest BCUT2D eigenvalue weighted by Crippen LogP contribution is -2.15. The first-order chi connectivity index (χ1) is 8.99. The van der Waals surface area contributed by atoms with Crippen molar-refractivity contribution in [3.63, 3.8) is 0 Å². The number of benzene rings is 1. The normalized spacial score (nSPS) is 10.5. The molecule has 0 saturated heterocycles. The van der Waals surface area contributed by atoms with Crippen LogP contribution in [-0.2, 0) is 13.6 Å². The van der Waals surface area contributed by atoms with Gasteiger partial charge in [0.1, 0.15) is 0 Å². The molecule has 2 rings (SSSR count). The second-order valence-corrected chi connectivity index (χ2v) is 4.52. The molecule has 0 spiro atoms. The maximum absolute atomic E-state index is 13.2. The molecule has 0 aliphatic heterocycles. The molecule has 5 nitrogen and oxygen atoms in total. The average molecular weight is 264 g/mol. The zero-order valence-electron chi connectivity index (χ0n) is 11.2. The summed E-state index contributed by atoms with van der Waals surface area (Å²) >= 11 is 0. The molecule has 1 aromatic carbocycles.